The van der Waals surface area contributed by atoms with Crippen molar-refractivity contribution in [3.05, 3.63) is 76.9 Å². The molecule has 0 aliphatic carbocycles. The summed E-state index contributed by atoms with van der Waals surface area (Å²) in [5.41, 5.74) is 1.81. The number of rotatable bonds is 5. The second-order valence-electron chi connectivity index (χ2n) is 6.40. The topological polar surface area (TPSA) is 104 Å². The van der Waals surface area contributed by atoms with Crippen LogP contribution in [-0.2, 0) is 0 Å². The quantitative estimate of drug-likeness (QED) is 0.443. The number of hydrogen-bond donors (Lipinski definition) is 1. The first kappa shape index (κ1) is 20.0. The molecule has 3 aromatic carbocycles. The van der Waals surface area contributed by atoms with Crippen LogP contribution in [0.5, 0.6) is 17.4 Å². The fourth-order valence-electron chi connectivity index (χ4n) is 2.96. The summed E-state index contributed by atoms with van der Waals surface area (Å²) in [4.78, 5) is 8.55. The Labute approximate surface area is 183 Å². The third kappa shape index (κ3) is 4.18. The van der Waals surface area contributed by atoms with Crippen LogP contribution >= 0.6 is 11.6 Å². The number of aromatic nitrogens is 2. The van der Waals surface area contributed by atoms with Crippen molar-refractivity contribution in [3.8, 4) is 29.5 Å². The molecule has 0 fully saturated rings. The Bertz CT molecular complexity index is 1360. The van der Waals surface area contributed by atoms with Gasteiger partial charge >= 0.3 is 0 Å². The van der Waals surface area contributed by atoms with Gasteiger partial charge in [0.1, 0.15) is 0 Å². The van der Waals surface area contributed by atoms with E-state index in [2.05, 4.69) is 27.4 Å². The molecule has 1 heterocycles. The van der Waals surface area contributed by atoms with Crippen LogP contribution in [0.3, 0.4) is 0 Å². The number of ether oxygens (including phenoxy) is 2. The molecule has 0 saturated heterocycles. The third-order valence-corrected chi connectivity index (χ3v) is 4.83. The van der Waals surface area contributed by atoms with Crippen LogP contribution in [-0.4, -0.2) is 17.1 Å². The van der Waals surface area contributed by atoms with E-state index in [1.807, 2.05) is 0 Å². The highest BCUT2D eigenvalue weighted by molar-refractivity contribution is 6.37. The van der Waals surface area contributed by atoms with Crippen LogP contribution in [0.15, 0.2) is 60.8 Å². The summed E-state index contributed by atoms with van der Waals surface area (Å²) in [6.45, 7) is 0. The van der Waals surface area contributed by atoms with Gasteiger partial charge in [0.05, 0.1) is 35.4 Å². The summed E-state index contributed by atoms with van der Waals surface area (Å²) in [7, 11) is 1.51. The molecule has 0 aliphatic heterocycles. The Balaban J connectivity index is 1.66. The van der Waals surface area contributed by atoms with E-state index >= 15 is 0 Å². The van der Waals surface area contributed by atoms with Crippen LogP contribution < -0.4 is 14.8 Å². The molecule has 0 unspecified atom stereocenters. The van der Waals surface area contributed by atoms with Crippen LogP contribution in [0.25, 0.3) is 10.8 Å². The average molecular weight is 428 g/mol. The van der Waals surface area contributed by atoms with Crippen molar-refractivity contribution in [3.63, 3.8) is 0 Å². The summed E-state index contributed by atoms with van der Waals surface area (Å²) in [5, 5.41) is 22.9. The summed E-state index contributed by atoms with van der Waals surface area (Å²) >= 11 is 6.60. The number of nitrogens with zero attached hydrogens (tertiary/aromatic N) is 4. The number of halogens is 1. The number of methoxy groups -OCH3 is 1. The predicted octanol–water partition coefficient (Wildman–Crippen LogP) is 5.57. The molecule has 0 atom stereocenters. The standard InChI is InChI=1S/C23H14ClN5O2/c1-30-19-11-16-10-15(13-26)4-7-18(16)21(24)22(19)31-20-8-9-27-23(29-20)28-17-5-2-14(12-25)3-6-17/h2-11H,1H3,(H,27,28,29). The predicted molar refractivity (Wildman–Crippen MR) is 117 cm³/mol. The molecular formula is C23H14ClN5O2. The van der Waals surface area contributed by atoms with E-state index < -0.39 is 0 Å². The van der Waals surface area contributed by atoms with E-state index in [-0.39, 0.29) is 5.88 Å². The zero-order valence-corrected chi connectivity index (χ0v) is 17.0. The van der Waals surface area contributed by atoms with Crippen LogP contribution in [0.2, 0.25) is 5.02 Å². The fraction of sp³-hybridized carbons (Fsp3) is 0.0435. The van der Waals surface area contributed by atoms with E-state index in [0.29, 0.717) is 33.6 Å². The Morgan fingerprint density at radius 3 is 2.42 bits per heavy atom. The Kier molecular flexibility index (Phi) is 5.53. The van der Waals surface area contributed by atoms with E-state index in [0.717, 1.165) is 16.5 Å². The maximum atomic E-state index is 9.13. The Hall–Kier alpha value is -4.33. The average Bonchev–Trinajstić information content (AvgIpc) is 2.81. The highest BCUT2D eigenvalue weighted by Gasteiger charge is 2.16. The molecule has 7 nitrogen and oxygen atoms in total. The molecular weight excluding hydrogens is 414 g/mol. The van der Waals surface area contributed by atoms with E-state index in [9.17, 15) is 0 Å². The number of nitrogens with one attached hydrogen (secondary N) is 1. The van der Waals surface area contributed by atoms with Crippen molar-refractivity contribution in [2.24, 2.45) is 0 Å². The molecule has 0 aliphatic rings. The molecule has 150 valence electrons. The molecule has 4 rings (SSSR count). The molecule has 0 bridgehead atoms. The number of fused-ring (bicyclic) bond motifs is 1. The van der Waals surface area contributed by atoms with Gasteiger partial charge in [-0.05, 0) is 47.9 Å². The first-order chi connectivity index (χ1) is 15.1. The van der Waals surface area contributed by atoms with E-state index in [1.54, 1.807) is 60.8 Å². The van der Waals surface area contributed by atoms with Crippen molar-refractivity contribution >= 4 is 34.0 Å². The first-order valence-corrected chi connectivity index (χ1v) is 9.47. The molecule has 0 spiro atoms. The van der Waals surface area contributed by atoms with Gasteiger partial charge in [0.15, 0.2) is 11.5 Å². The van der Waals surface area contributed by atoms with Gasteiger partial charge in [0.2, 0.25) is 11.8 Å². The highest BCUT2D eigenvalue weighted by atomic mass is 35.5. The Morgan fingerprint density at radius 2 is 1.71 bits per heavy atom. The molecule has 0 radical (unpaired) electrons. The van der Waals surface area contributed by atoms with Gasteiger partial charge in [0.25, 0.3) is 0 Å². The minimum absolute atomic E-state index is 0.263. The van der Waals surface area contributed by atoms with Gasteiger partial charge in [-0.3, -0.25) is 0 Å². The SMILES string of the molecule is COc1cc2cc(C#N)ccc2c(Cl)c1Oc1ccnc(Nc2ccc(C#N)cc2)n1. The lowest BCUT2D eigenvalue weighted by atomic mass is 10.1. The van der Waals surface area contributed by atoms with Crippen molar-refractivity contribution in [1.29, 1.82) is 10.5 Å². The zero-order valence-electron chi connectivity index (χ0n) is 16.3. The van der Waals surface area contributed by atoms with Gasteiger partial charge in [-0.25, -0.2) is 4.98 Å². The molecule has 0 amide bonds. The molecule has 1 aromatic heterocycles. The lowest BCUT2D eigenvalue weighted by molar-refractivity contribution is 0.375. The highest BCUT2D eigenvalue weighted by Crippen LogP contribution is 2.43. The van der Waals surface area contributed by atoms with Crippen molar-refractivity contribution in [1.82, 2.24) is 9.97 Å². The lowest BCUT2D eigenvalue weighted by Crippen LogP contribution is -1.99. The van der Waals surface area contributed by atoms with Crippen molar-refractivity contribution in [2.45, 2.75) is 0 Å². The molecule has 1 N–H and O–H groups in total. The zero-order chi connectivity index (χ0) is 21.8. The van der Waals surface area contributed by atoms with Gasteiger partial charge in [-0.15, -0.1) is 0 Å². The fourth-order valence-corrected chi connectivity index (χ4v) is 3.26. The van der Waals surface area contributed by atoms with Gasteiger partial charge in [0, 0.05) is 23.3 Å². The van der Waals surface area contributed by atoms with E-state index in [1.165, 1.54) is 7.11 Å². The molecule has 8 heteroatoms. The van der Waals surface area contributed by atoms with Crippen LogP contribution in [0.1, 0.15) is 11.1 Å². The van der Waals surface area contributed by atoms with Crippen molar-refractivity contribution in [2.75, 3.05) is 12.4 Å². The molecule has 0 saturated carbocycles. The number of nitriles is 2. The van der Waals surface area contributed by atoms with Gasteiger partial charge < -0.3 is 14.8 Å². The lowest BCUT2D eigenvalue weighted by Gasteiger charge is -2.14. The van der Waals surface area contributed by atoms with E-state index in [4.69, 9.17) is 31.6 Å². The second-order valence-corrected chi connectivity index (χ2v) is 6.78. The van der Waals surface area contributed by atoms with Crippen molar-refractivity contribution < 1.29 is 9.47 Å². The minimum Gasteiger partial charge on any atom is -0.493 e. The van der Waals surface area contributed by atoms with Gasteiger partial charge in [-0.1, -0.05) is 17.7 Å². The summed E-state index contributed by atoms with van der Waals surface area (Å²) in [6, 6.07) is 19.6. The Morgan fingerprint density at radius 1 is 0.968 bits per heavy atom. The largest absolute Gasteiger partial charge is 0.493 e. The monoisotopic (exact) mass is 427 g/mol. The first-order valence-electron chi connectivity index (χ1n) is 9.09. The summed E-state index contributed by atoms with van der Waals surface area (Å²) in [6.07, 6.45) is 1.55. The number of anilines is 2. The summed E-state index contributed by atoms with van der Waals surface area (Å²) in [5.74, 6) is 1.30. The minimum atomic E-state index is 0.263. The summed E-state index contributed by atoms with van der Waals surface area (Å²) < 4.78 is 11.4. The third-order valence-electron chi connectivity index (χ3n) is 4.45. The maximum Gasteiger partial charge on any atom is 0.230 e. The normalized spacial score (nSPS) is 10.2. The van der Waals surface area contributed by atoms with Crippen LogP contribution in [0, 0.1) is 22.7 Å². The maximum absolute atomic E-state index is 9.13. The van der Waals surface area contributed by atoms with Gasteiger partial charge in [-0.2, -0.15) is 15.5 Å². The molecule has 31 heavy (non-hydrogen) atoms. The van der Waals surface area contributed by atoms with Crippen LogP contribution in [0.4, 0.5) is 11.6 Å². The smallest absolute Gasteiger partial charge is 0.230 e. The number of hydrogen-bond acceptors (Lipinski definition) is 7. The number of benzene rings is 3. The molecule has 4 aromatic rings. The second kappa shape index (κ2) is 8.58.